The van der Waals surface area contributed by atoms with Gasteiger partial charge in [0.25, 0.3) is 5.91 Å². The van der Waals surface area contributed by atoms with Gasteiger partial charge in [-0.3, -0.25) is 19.5 Å². The molecule has 7 heteroatoms. The molecule has 0 bridgehead atoms. The van der Waals surface area contributed by atoms with Crippen molar-refractivity contribution >= 4 is 11.8 Å². The molecule has 1 N–H and O–H groups in total. The molecule has 152 valence electrons. The highest BCUT2D eigenvalue weighted by Crippen LogP contribution is 2.45. The van der Waals surface area contributed by atoms with Crippen LogP contribution in [-0.4, -0.2) is 63.8 Å². The van der Waals surface area contributed by atoms with Crippen molar-refractivity contribution in [3.63, 3.8) is 0 Å². The standard InChI is InChI=1S/C22H27N5O2/c1-16(2)25-20(28)18-12-26(11-17-6-4-3-5-7-17)13-22(18)14-27(15-22)21(29)19-10-23-8-9-24-19/h3-10,16,18H,11-15H2,1-2H3,(H,25,28). The summed E-state index contributed by atoms with van der Waals surface area (Å²) < 4.78 is 0. The van der Waals surface area contributed by atoms with Crippen LogP contribution in [0, 0.1) is 11.3 Å². The zero-order valence-corrected chi connectivity index (χ0v) is 16.9. The lowest BCUT2D eigenvalue weighted by Gasteiger charge is -2.50. The third-order valence-corrected chi connectivity index (χ3v) is 5.80. The van der Waals surface area contributed by atoms with Crippen LogP contribution in [0.3, 0.4) is 0 Å². The monoisotopic (exact) mass is 393 g/mol. The van der Waals surface area contributed by atoms with Gasteiger partial charge < -0.3 is 10.2 Å². The number of hydrogen-bond acceptors (Lipinski definition) is 5. The molecule has 2 aliphatic rings. The second-order valence-electron chi connectivity index (χ2n) is 8.49. The predicted octanol–water partition coefficient (Wildman–Crippen LogP) is 1.58. The molecule has 1 unspecified atom stereocenters. The van der Waals surface area contributed by atoms with Gasteiger partial charge in [0.15, 0.2) is 0 Å². The number of hydrogen-bond donors (Lipinski definition) is 1. The van der Waals surface area contributed by atoms with Gasteiger partial charge in [0.05, 0.1) is 12.1 Å². The Hall–Kier alpha value is -2.80. The molecular formula is C22H27N5O2. The molecule has 29 heavy (non-hydrogen) atoms. The number of amides is 2. The SMILES string of the molecule is CC(C)NC(=O)C1CN(Cc2ccccc2)CC12CN(C(=O)c1cnccn1)C2. The van der Waals surface area contributed by atoms with E-state index in [1.165, 1.54) is 18.0 Å². The predicted molar refractivity (Wildman–Crippen MR) is 109 cm³/mol. The number of likely N-dealkylation sites (tertiary alicyclic amines) is 2. The normalized spacial score (nSPS) is 20.7. The number of nitrogens with one attached hydrogen (secondary N) is 1. The van der Waals surface area contributed by atoms with E-state index in [0.29, 0.717) is 25.3 Å². The molecule has 0 aliphatic carbocycles. The van der Waals surface area contributed by atoms with Gasteiger partial charge in [0, 0.05) is 56.6 Å². The van der Waals surface area contributed by atoms with Crippen molar-refractivity contribution in [3.8, 4) is 0 Å². The van der Waals surface area contributed by atoms with Crippen molar-refractivity contribution in [2.75, 3.05) is 26.2 Å². The molecule has 0 saturated carbocycles. The molecule has 3 heterocycles. The third-order valence-electron chi connectivity index (χ3n) is 5.80. The Kier molecular flexibility index (Phi) is 5.32. The van der Waals surface area contributed by atoms with Crippen LogP contribution in [0.2, 0.25) is 0 Å². The van der Waals surface area contributed by atoms with Crippen LogP contribution in [0.5, 0.6) is 0 Å². The van der Waals surface area contributed by atoms with E-state index in [2.05, 4.69) is 32.3 Å². The van der Waals surface area contributed by atoms with Crippen LogP contribution >= 0.6 is 0 Å². The maximum absolute atomic E-state index is 12.9. The first-order chi connectivity index (χ1) is 14.0. The van der Waals surface area contributed by atoms with Crippen molar-refractivity contribution in [1.29, 1.82) is 0 Å². The average Bonchev–Trinajstić information content (AvgIpc) is 3.07. The summed E-state index contributed by atoms with van der Waals surface area (Å²) in [4.78, 5) is 37.9. The fourth-order valence-electron chi connectivity index (χ4n) is 4.53. The summed E-state index contributed by atoms with van der Waals surface area (Å²) in [5.41, 5.74) is 1.38. The van der Waals surface area contributed by atoms with Crippen molar-refractivity contribution in [2.45, 2.75) is 26.4 Å². The van der Waals surface area contributed by atoms with Gasteiger partial charge in [0.1, 0.15) is 5.69 Å². The summed E-state index contributed by atoms with van der Waals surface area (Å²) in [7, 11) is 0. The number of aromatic nitrogens is 2. The first-order valence-corrected chi connectivity index (χ1v) is 10.1. The first kappa shape index (κ1) is 19.5. The highest BCUT2D eigenvalue weighted by Gasteiger charge is 2.57. The molecule has 2 amide bonds. The minimum atomic E-state index is -0.203. The summed E-state index contributed by atoms with van der Waals surface area (Å²) in [5.74, 6) is -0.157. The Morgan fingerprint density at radius 3 is 2.59 bits per heavy atom. The Morgan fingerprint density at radius 2 is 1.93 bits per heavy atom. The minimum absolute atomic E-state index is 0.0853. The van der Waals surface area contributed by atoms with Crippen molar-refractivity contribution < 1.29 is 9.59 Å². The number of benzene rings is 1. The van der Waals surface area contributed by atoms with Gasteiger partial charge >= 0.3 is 0 Å². The number of rotatable bonds is 5. The van der Waals surface area contributed by atoms with E-state index in [1.54, 1.807) is 11.1 Å². The molecule has 2 fully saturated rings. The Morgan fingerprint density at radius 1 is 1.17 bits per heavy atom. The van der Waals surface area contributed by atoms with Gasteiger partial charge in [-0.2, -0.15) is 0 Å². The van der Waals surface area contributed by atoms with Crippen LogP contribution in [-0.2, 0) is 11.3 Å². The lowest BCUT2D eigenvalue weighted by Crippen LogP contribution is -2.64. The van der Waals surface area contributed by atoms with E-state index in [9.17, 15) is 9.59 Å². The number of nitrogens with zero attached hydrogens (tertiary/aromatic N) is 4. The molecule has 2 aromatic rings. The molecule has 2 saturated heterocycles. The highest BCUT2D eigenvalue weighted by atomic mass is 16.2. The molecule has 1 atom stereocenters. The lowest BCUT2D eigenvalue weighted by molar-refractivity contribution is -0.131. The summed E-state index contributed by atoms with van der Waals surface area (Å²) in [5, 5.41) is 3.08. The van der Waals surface area contributed by atoms with E-state index in [4.69, 9.17) is 0 Å². The molecule has 2 aliphatic heterocycles. The zero-order valence-electron chi connectivity index (χ0n) is 16.9. The van der Waals surface area contributed by atoms with E-state index in [0.717, 1.165) is 13.1 Å². The van der Waals surface area contributed by atoms with E-state index in [-0.39, 0.29) is 29.2 Å². The Bertz CT molecular complexity index is 865. The molecule has 4 rings (SSSR count). The largest absolute Gasteiger partial charge is 0.354 e. The molecule has 0 radical (unpaired) electrons. The fourth-order valence-corrected chi connectivity index (χ4v) is 4.53. The summed E-state index contributed by atoms with van der Waals surface area (Å²) in [6.45, 7) is 7.43. The van der Waals surface area contributed by atoms with E-state index >= 15 is 0 Å². The third kappa shape index (κ3) is 4.00. The summed E-state index contributed by atoms with van der Waals surface area (Å²) in [6, 6.07) is 10.4. The molecule has 7 nitrogen and oxygen atoms in total. The second-order valence-corrected chi connectivity index (χ2v) is 8.49. The molecule has 1 spiro atoms. The number of carbonyl (C=O) groups is 2. The van der Waals surface area contributed by atoms with Crippen molar-refractivity contribution in [2.24, 2.45) is 11.3 Å². The van der Waals surface area contributed by atoms with Crippen LogP contribution < -0.4 is 5.32 Å². The van der Waals surface area contributed by atoms with Crippen molar-refractivity contribution in [1.82, 2.24) is 25.1 Å². The minimum Gasteiger partial charge on any atom is -0.354 e. The van der Waals surface area contributed by atoms with Crippen LogP contribution in [0.15, 0.2) is 48.9 Å². The van der Waals surface area contributed by atoms with Crippen LogP contribution in [0.1, 0.15) is 29.9 Å². The lowest BCUT2D eigenvalue weighted by atomic mass is 9.71. The quantitative estimate of drug-likeness (QED) is 0.834. The Balaban J connectivity index is 1.48. The summed E-state index contributed by atoms with van der Waals surface area (Å²) in [6.07, 6.45) is 4.57. The van der Waals surface area contributed by atoms with Gasteiger partial charge in [-0.25, -0.2) is 4.98 Å². The fraction of sp³-hybridized carbons (Fsp3) is 0.455. The van der Waals surface area contributed by atoms with E-state index < -0.39 is 0 Å². The van der Waals surface area contributed by atoms with E-state index in [1.807, 2.05) is 32.0 Å². The van der Waals surface area contributed by atoms with Gasteiger partial charge in [-0.1, -0.05) is 30.3 Å². The average molecular weight is 393 g/mol. The van der Waals surface area contributed by atoms with Gasteiger partial charge in [-0.15, -0.1) is 0 Å². The number of carbonyl (C=O) groups excluding carboxylic acids is 2. The second kappa shape index (κ2) is 7.91. The van der Waals surface area contributed by atoms with Crippen LogP contribution in [0.25, 0.3) is 0 Å². The topological polar surface area (TPSA) is 78.4 Å². The zero-order chi connectivity index (χ0) is 20.4. The van der Waals surface area contributed by atoms with Gasteiger partial charge in [0.2, 0.25) is 5.91 Å². The maximum atomic E-state index is 12.9. The molecular weight excluding hydrogens is 366 g/mol. The molecule has 1 aromatic carbocycles. The molecule has 1 aromatic heterocycles. The first-order valence-electron chi connectivity index (χ1n) is 10.1. The smallest absolute Gasteiger partial charge is 0.274 e. The maximum Gasteiger partial charge on any atom is 0.274 e. The summed E-state index contributed by atoms with van der Waals surface area (Å²) >= 11 is 0. The Labute approximate surface area is 171 Å². The van der Waals surface area contributed by atoms with Gasteiger partial charge in [-0.05, 0) is 19.4 Å². The van der Waals surface area contributed by atoms with Crippen LogP contribution in [0.4, 0.5) is 0 Å². The highest BCUT2D eigenvalue weighted by molar-refractivity contribution is 5.93. The van der Waals surface area contributed by atoms with Crippen molar-refractivity contribution in [3.05, 3.63) is 60.2 Å².